The molecule has 108 valence electrons. The molecule has 0 aromatic heterocycles. The van der Waals surface area contributed by atoms with Crippen molar-refractivity contribution in [3.63, 3.8) is 0 Å². The number of nitrogens with two attached hydrogens (primary N) is 1. The van der Waals surface area contributed by atoms with Crippen LogP contribution in [0.25, 0.3) is 0 Å². The van der Waals surface area contributed by atoms with Crippen LogP contribution in [0.5, 0.6) is 0 Å². The van der Waals surface area contributed by atoms with E-state index in [1.54, 1.807) is 12.1 Å². The molecule has 5 nitrogen and oxygen atoms in total. The highest BCUT2D eigenvalue weighted by molar-refractivity contribution is 7.87. The topological polar surface area (TPSA) is 75.4 Å². The molecule has 6 heteroatoms. The van der Waals surface area contributed by atoms with E-state index in [0.717, 1.165) is 5.56 Å². The third-order valence-corrected chi connectivity index (χ3v) is 4.28. The number of anilines is 1. The molecule has 0 spiro atoms. The van der Waals surface area contributed by atoms with Gasteiger partial charge in [0.2, 0.25) is 0 Å². The highest BCUT2D eigenvalue weighted by Crippen LogP contribution is 2.11. The second kappa shape index (κ2) is 6.88. The number of hydrogen-bond acceptors (Lipinski definition) is 3. The largest absolute Gasteiger partial charge is 0.399 e. The molecule has 0 aliphatic heterocycles. The van der Waals surface area contributed by atoms with Crippen LogP contribution < -0.4 is 10.5 Å². The summed E-state index contributed by atoms with van der Waals surface area (Å²) in [6.07, 6.45) is 0. The van der Waals surface area contributed by atoms with Crippen LogP contribution in [0.15, 0.2) is 24.3 Å². The summed E-state index contributed by atoms with van der Waals surface area (Å²) < 4.78 is 28.3. The zero-order valence-corrected chi connectivity index (χ0v) is 12.6. The summed E-state index contributed by atoms with van der Waals surface area (Å²) in [7, 11) is -3.44. The van der Waals surface area contributed by atoms with Crippen molar-refractivity contribution in [3.05, 3.63) is 29.8 Å². The molecule has 1 aromatic carbocycles. The quantitative estimate of drug-likeness (QED) is 0.747. The first-order valence-electron chi connectivity index (χ1n) is 6.44. The first-order valence-corrected chi connectivity index (χ1v) is 7.88. The second-order valence-electron chi connectivity index (χ2n) is 4.92. The van der Waals surface area contributed by atoms with E-state index in [9.17, 15) is 8.42 Å². The van der Waals surface area contributed by atoms with Crippen LogP contribution in [0.2, 0.25) is 0 Å². The van der Waals surface area contributed by atoms with Gasteiger partial charge in [0.1, 0.15) is 0 Å². The predicted molar refractivity (Wildman–Crippen MR) is 78.7 cm³/mol. The smallest absolute Gasteiger partial charge is 0.279 e. The van der Waals surface area contributed by atoms with E-state index < -0.39 is 10.2 Å². The summed E-state index contributed by atoms with van der Waals surface area (Å²) in [5, 5.41) is 0. The summed E-state index contributed by atoms with van der Waals surface area (Å²) in [5.74, 6) is 0.279. The van der Waals surface area contributed by atoms with Gasteiger partial charge < -0.3 is 5.73 Å². The van der Waals surface area contributed by atoms with Crippen LogP contribution >= 0.6 is 0 Å². The van der Waals surface area contributed by atoms with Crippen molar-refractivity contribution in [2.45, 2.75) is 27.3 Å². The molecule has 0 saturated carbocycles. The van der Waals surface area contributed by atoms with Crippen molar-refractivity contribution in [3.8, 4) is 0 Å². The Hall–Kier alpha value is -1.11. The van der Waals surface area contributed by atoms with Crippen LogP contribution in [0.3, 0.4) is 0 Å². The summed E-state index contributed by atoms with van der Waals surface area (Å²) >= 11 is 0. The average molecular weight is 285 g/mol. The number of nitrogens with zero attached hydrogens (tertiary/aromatic N) is 1. The maximum atomic E-state index is 12.1. The third kappa shape index (κ3) is 5.18. The maximum absolute atomic E-state index is 12.1. The minimum atomic E-state index is -3.44. The number of nitrogen functional groups attached to an aromatic ring is 1. The van der Waals surface area contributed by atoms with Crippen molar-refractivity contribution in [1.82, 2.24) is 9.03 Å². The fourth-order valence-electron chi connectivity index (χ4n) is 1.63. The molecule has 0 unspecified atom stereocenters. The van der Waals surface area contributed by atoms with Gasteiger partial charge in [-0.05, 0) is 23.6 Å². The van der Waals surface area contributed by atoms with E-state index in [2.05, 4.69) is 4.72 Å². The van der Waals surface area contributed by atoms with Crippen molar-refractivity contribution < 1.29 is 8.42 Å². The predicted octanol–water partition coefficient (Wildman–Crippen LogP) is 1.58. The lowest BCUT2D eigenvalue weighted by Gasteiger charge is -2.21. The number of benzene rings is 1. The van der Waals surface area contributed by atoms with Crippen molar-refractivity contribution >= 4 is 15.9 Å². The van der Waals surface area contributed by atoms with E-state index in [1.165, 1.54) is 4.31 Å². The van der Waals surface area contributed by atoms with E-state index in [1.807, 2.05) is 32.9 Å². The van der Waals surface area contributed by atoms with Gasteiger partial charge in [-0.2, -0.15) is 12.7 Å². The number of nitrogens with one attached hydrogen (secondary N) is 1. The summed E-state index contributed by atoms with van der Waals surface area (Å²) in [6.45, 7) is 6.95. The molecule has 0 bridgehead atoms. The Morgan fingerprint density at radius 1 is 1.37 bits per heavy atom. The Balaban J connectivity index is 2.77. The first kappa shape index (κ1) is 15.9. The lowest BCUT2D eigenvalue weighted by Crippen LogP contribution is -2.41. The molecule has 0 heterocycles. The van der Waals surface area contributed by atoms with Crippen molar-refractivity contribution in [1.29, 1.82) is 0 Å². The summed E-state index contributed by atoms with van der Waals surface area (Å²) in [4.78, 5) is 0. The van der Waals surface area contributed by atoms with Crippen LogP contribution in [0.4, 0.5) is 5.69 Å². The van der Waals surface area contributed by atoms with Gasteiger partial charge in [0, 0.05) is 25.3 Å². The Morgan fingerprint density at radius 3 is 2.58 bits per heavy atom. The van der Waals surface area contributed by atoms with Gasteiger partial charge >= 0.3 is 0 Å². The molecular formula is C13H23N3O2S. The number of rotatable bonds is 7. The van der Waals surface area contributed by atoms with Crippen LogP contribution in [0.1, 0.15) is 26.3 Å². The van der Waals surface area contributed by atoms with Gasteiger partial charge in [0.15, 0.2) is 0 Å². The van der Waals surface area contributed by atoms with Gasteiger partial charge in [-0.3, -0.25) is 0 Å². The molecule has 0 atom stereocenters. The van der Waals surface area contributed by atoms with Gasteiger partial charge in [0.25, 0.3) is 10.2 Å². The normalized spacial score (nSPS) is 12.3. The van der Waals surface area contributed by atoms with Crippen LogP contribution in [0, 0.1) is 5.92 Å². The zero-order valence-electron chi connectivity index (χ0n) is 11.8. The third-order valence-electron chi connectivity index (χ3n) is 2.68. The van der Waals surface area contributed by atoms with E-state index >= 15 is 0 Å². The Kier molecular flexibility index (Phi) is 5.78. The maximum Gasteiger partial charge on any atom is 0.279 e. The molecule has 0 amide bonds. The minimum Gasteiger partial charge on any atom is -0.399 e. The zero-order chi connectivity index (χ0) is 14.5. The molecule has 1 rings (SSSR count). The number of hydrogen-bond donors (Lipinski definition) is 2. The van der Waals surface area contributed by atoms with Crippen molar-refractivity contribution in [2.24, 2.45) is 5.92 Å². The molecule has 0 fully saturated rings. The van der Waals surface area contributed by atoms with E-state index in [-0.39, 0.29) is 5.92 Å². The Morgan fingerprint density at radius 2 is 2.05 bits per heavy atom. The first-order chi connectivity index (χ1) is 8.85. The van der Waals surface area contributed by atoms with Crippen LogP contribution in [-0.4, -0.2) is 25.8 Å². The highest BCUT2D eigenvalue weighted by Gasteiger charge is 2.20. The highest BCUT2D eigenvalue weighted by atomic mass is 32.2. The molecular weight excluding hydrogens is 262 g/mol. The summed E-state index contributed by atoms with van der Waals surface area (Å²) in [6, 6.07) is 7.27. The van der Waals surface area contributed by atoms with Gasteiger partial charge in [0.05, 0.1) is 0 Å². The Labute approximate surface area is 116 Å². The fourth-order valence-corrected chi connectivity index (χ4v) is 3.01. The molecule has 19 heavy (non-hydrogen) atoms. The molecule has 0 aliphatic rings. The van der Waals surface area contributed by atoms with Gasteiger partial charge in [-0.1, -0.05) is 32.9 Å². The monoisotopic (exact) mass is 285 g/mol. The molecule has 1 aromatic rings. The average Bonchev–Trinajstić information content (AvgIpc) is 2.33. The lowest BCUT2D eigenvalue weighted by atomic mass is 10.2. The van der Waals surface area contributed by atoms with Gasteiger partial charge in [-0.25, -0.2) is 4.72 Å². The molecule has 0 saturated heterocycles. The Bertz CT molecular complexity index is 500. The molecule has 3 N–H and O–H groups in total. The van der Waals surface area contributed by atoms with Gasteiger partial charge in [-0.15, -0.1) is 0 Å². The summed E-state index contributed by atoms with van der Waals surface area (Å²) in [5.41, 5.74) is 7.23. The molecule has 0 aliphatic carbocycles. The van der Waals surface area contributed by atoms with E-state index in [0.29, 0.717) is 25.3 Å². The van der Waals surface area contributed by atoms with E-state index in [4.69, 9.17) is 5.73 Å². The standard InChI is InChI=1S/C13H23N3O2S/c1-4-16(19(17,18)15-9-11(2)3)10-12-6-5-7-13(14)8-12/h5-8,11,15H,4,9-10,14H2,1-3H3. The second-order valence-corrected chi connectivity index (χ2v) is 6.67. The minimum absolute atomic E-state index is 0.279. The van der Waals surface area contributed by atoms with Crippen LogP contribution in [-0.2, 0) is 16.8 Å². The SMILES string of the molecule is CCN(Cc1cccc(N)c1)S(=O)(=O)NCC(C)C. The lowest BCUT2D eigenvalue weighted by molar-refractivity contribution is 0.410. The fraction of sp³-hybridized carbons (Fsp3) is 0.538. The van der Waals surface area contributed by atoms with Crippen molar-refractivity contribution in [2.75, 3.05) is 18.8 Å². The molecule has 0 radical (unpaired) electrons.